The van der Waals surface area contributed by atoms with Gasteiger partial charge in [-0.05, 0) is 32.1 Å². The third kappa shape index (κ3) is 6.70. The lowest BCUT2D eigenvalue weighted by Gasteiger charge is -2.37. The van der Waals surface area contributed by atoms with E-state index in [-0.39, 0.29) is 23.7 Å². The molecular weight excluding hydrogens is 244 g/mol. The molecule has 2 atom stereocenters. The maximum atomic E-state index is 9.54. The Balaban J connectivity index is 4.72. The third-order valence-electron chi connectivity index (χ3n) is 3.87. The van der Waals surface area contributed by atoms with Crippen molar-refractivity contribution in [3.8, 4) is 0 Å². The minimum Gasteiger partial charge on any atom is -0.394 e. The lowest BCUT2D eigenvalue weighted by Crippen LogP contribution is -2.43. The van der Waals surface area contributed by atoms with E-state index < -0.39 is 6.29 Å². The van der Waals surface area contributed by atoms with Crippen molar-refractivity contribution >= 4 is 0 Å². The molecule has 2 unspecified atom stereocenters. The zero-order valence-electron chi connectivity index (χ0n) is 13.7. The highest BCUT2D eigenvalue weighted by molar-refractivity contribution is 4.78. The summed E-state index contributed by atoms with van der Waals surface area (Å²) < 4.78 is 17.0. The number of rotatable bonds is 10. The molecule has 0 rings (SSSR count). The molecule has 0 fully saturated rings. The molecule has 0 saturated carbocycles. The highest BCUT2D eigenvalue weighted by Crippen LogP contribution is 2.29. The zero-order chi connectivity index (χ0) is 15.1. The van der Waals surface area contributed by atoms with E-state index in [0.717, 1.165) is 12.8 Å². The average Bonchev–Trinajstić information content (AvgIpc) is 2.35. The fraction of sp³-hybridized carbons (Fsp3) is 1.00. The largest absolute Gasteiger partial charge is 0.394 e. The summed E-state index contributed by atoms with van der Waals surface area (Å²) >= 11 is 0. The average molecular weight is 276 g/mol. The highest BCUT2D eigenvalue weighted by Gasteiger charge is 2.32. The van der Waals surface area contributed by atoms with Gasteiger partial charge in [-0.15, -0.1) is 0 Å². The molecule has 19 heavy (non-hydrogen) atoms. The van der Waals surface area contributed by atoms with Gasteiger partial charge in [0.25, 0.3) is 0 Å². The van der Waals surface area contributed by atoms with Crippen LogP contribution in [0.5, 0.6) is 0 Å². The smallest absolute Gasteiger partial charge is 0.181 e. The van der Waals surface area contributed by atoms with Crippen molar-refractivity contribution in [2.45, 2.75) is 72.4 Å². The minimum absolute atomic E-state index is 0.0169. The van der Waals surface area contributed by atoms with Crippen LogP contribution < -0.4 is 0 Å². The maximum absolute atomic E-state index is 9.54. The van der Waals surface area contributed by atoms with Crippen LogP contribution in [-0.4, -0.2) is 43.4 Å². The quantitative estimate of drug-likeness (QED) is 0.623. The van der Waals surface area contributed by atoms with Crippen LogP contribution in [0.1, 0.15) is 54.4 Å². The summed E-state index contributed by atoms with van der Waals surface area (Å²) in [5, 5.41) is 9.54. The Morgan fingerprint density at radius 1 is 1.05 bits per heavy atom. The molecule has 0 aliphatic heterocycles. The summed E-state index contributed by atoms with van der Waals surface area (Å²) in [7, 11) is 1.62. The molecule has 0 heterocycles. The van der Waals surface area contributed by atoms with E-state index in [1.807, 2.05) is 13.8 Å². The molecule has 0 saturated heterocycles. The van der Waals surface area contributed by atoms with Crippen molar-refractivity contribution in [3.63, 3.8) is 0 Å². The van der Waals surface area contributed by atoms with Crippen LogP contribution in [-0.2, 0) is 14.2 Å². The number of ether oxygens (including phenoxy) is 3. The molecule has 116 valence electrons. The monoisotopic (exact) mass is 276 g/mol. The van der Waals surface area contributed by atoms with Gasteiger partial charge in [0.2, 0.25) is 0 Å². The first-order chi connectivity index (χ1) is 8.72. The van der Waals surface area contributed by atoms with Crippen molar-refractivity contribution in [2.75, 3.05) is 20.3 Å². The van der Waals surface area contributed by atoms with Gasteiger partial charge in [-0.25, -0.2) is 0 Å². The first-order valence-corrected chi connectivity index (χ1v) is 7.15. The van der Waals surface area contributed by atoms with Crippen LogP contribution >= 0.6 is 0 Å². The van der Waals surface area contributed by atoms with Gasteiger partial charge in [0.1, 0.15) is 0 Å². The molecular formula is C15H32O4. The zero-order valence-corrected chi connectivity index (χ0v) is 13.7. The van der Waals surface area contributed by atoms with Gasteiger partial charge in [-0.1, -0.05) is 27.7 Å². The normalized spacial score (nSPS) is 16.4. The van der Waals surface area contributed by atoms with E-state index >= 15 is 0 Å². The summed E-state index contributed by atoms with van der Waals surface area (Å²) in [6.07, 6.45) is 1.10. The van der Waals surface area contributed by atoms with E-state index in [9.17, 15) is 5.11 Å². The standard InChI is InChI=1S/C15H32O4/c1-8-14(3,4)12(10-16)18-13(11-17-7)19-15(5,6)9-2/h12-13,16H,8-11H2,1-7H3. The SMILES string of the molecule is CCC(C)(C)OC(COC)OC(CO)C(C)(C)CC. The molecule has 4 heteroatoms. The van der Waals surface area contributed by atoms with Gasteiger partial charge in [0, 0.05) is 7.11 Å². The predicted molar refractivity (Wildman–Crippen MR) is 77.1 cm³/mol. The topological polar surface area (TPSA) is 47.9 Å². The van der Waals surface area contributed by atoms with Crippen molar-refractivity contribution in [1.82, 2.24) is 0 Å². The molecule has 0 spiro atoms. The number of aliphatic hydroxyl groups is 1. The van der Waals surface area contributed by atoms with Crippen molar-refractivity contribution in [3.05, 3.63) is 0 Å². The highest BCUT2D eigenvalue weighted by atomic mass is 16.7. The molecule has 1 N–H and O–H groups in total. The van der Waals surface area contributed by atoms with Gasteiger partial charge in [-0.3, -0.25) is 0 Å². The van der Waals surface area contributed by atoms with Crippen molar-refractivity contribution in [1.29, 1.82) is 0 Å². The summed E-state index contributed by atoms with van der Waals surface area (Å²) in [5.41, 5.74) is -0.361. The Morgan fingerprint density at radius 3 is 2.00 bits per heavy atom. The molecule has 4 nitrogen and oxygen atoms in total. The van der Waals surface area contributed by atoms with Gasteiger partial charge in [0.05, 0.1) is 24.9 Å². The molecule has 0 aromatic rings. The fourth-order valence-corrected chi connectivity index (χ4v) is 1.56. The van der Waals surface area contributed by atoms with Crippen molar-refractivity contribution < 1.29 is 19.3 Å². The van der Waals surface area contributed by atoms with Crippen molar-refractivity contribution in [2.24, 2.45) is 5.41 Å². The molecule has 0 amide bonds. The lowest BCUT2D eigenvalue weighted by atomic mass is 9.84. The first-order valence-electron chi connectivity index (χ1n) is 7.15. The lowest BCUT2D eigenvalue weighted by molar-refractivity contribution is -0.256. The summed E-state index contributed by atoms with van der Waals surface area (Å²) in [6.45, 7) is 12.7. The first kappa shape index (κ1) is 18.8. The molecule has 0 aromatic heterocycles. The van der Waals surface area contributed by atoms with E-state index in [1.165, 1.54) is 0 Å². The molecule has 0 aliphatic carbocycles. The fourth-order valence-electron chi connectivity index (χ4n) is 1.56. The number of hydrogen-bond donors (Lipinski definition) is 1. The van der Waals surface area contributed by atoms with E-state index in [1.54, 1.807) is 7.11 Å². The molecule has 0 aromatic carbocycles. The van der Waals surface area contributed by atoms with Gasteiger partial charge < -0.3 is 19.3 Å². The molecule has 0 radical (unpaired) electrons. The van der Waals surface area contributed by atoms with Gasteiger partial charge in [0.15, 0.2) is 6.29 Å². The minimum atomic E-state index is -0.456. The summed E-state index contributed by atoms with van der Waals surface area (Å²) in [4.78, 5) is 0. The summed E-state index contributed by atoms with van der Waals surface area (Å²) in [6, 6.07) is 0. The predicted octanol–water partition coefficient (Wildman–Crippen LogP) is 2.98. The Morgan fingerprint density at radius 2 is 1.63 bits per heavy atom. The van der Waals surface area contributed by atoms with Crippen LogP contribution in [0.2, 0.25) is 0 Å². The van der Waals surface area contributed by atoms with Crippen LogP contribution in [0.3, 0.4) is 0 Å². The molecule has 0 aliphatic rings. The molecule has 0 bridgehead atoms. The maximum Gasteiger partial charge on any atom is 0.181 e. The second kappa shape index (κ2) is 8.20. The van der Waals surface area contributed by atoms with Crippen LogP contribution in [0.25, 0.3) is 0 Å². The Labute approximate surface area is 118 Å². The second-order valence-corrected chi connectivity index (χ2v) is 6.27. The van der Waals surface area contributed by atoms with Crippen LogP contribution in [0, 0.1) is 5.41 Å². The Hall–Kier alpha value is -0.160. The third-order valence-corrected chi connectivity index (χ3v) is 3.87. The van der Waals surface area contributed by atoms with E-state index in [0.29, 0.717) is 6.61 Å². The van der Waals surface area contributed by atoms with Gasteiger partial charge >= 0.3 is 0 Å². The summed E-state index contributed by atoms with van der Waals surface area (Å²) in [5.74, 6) is 0. The van der Waals surface area contributed by atoms with E-state index in [4.69, 9.17) is 14.2 Å². The van der Waals surface area contributed by atoms with Crippen LogP contribution in [0.15, 0.2) is 0 Å². The number of aliphatic hydroxyl groups excluding tert-OH is 1. The Bertz CT molecular complexity index is 238. The number of methoxy groups -OCH3 is 1. The number of hydrogen-bond acceptors (Lipinski definition) is 4. The van der Waals surface area contributed by atoms with E-state index in [2.05, 4.69) is 27.7 Å². The Kier molecular flexibility index (Phi) is 8.13. The van der Waals surface area contributed by atoms with Crippen LogP contribution in [0.4, 0.5) is 0 Å². The van der Waals surface area contributed by atoms with Gasteiger partial charge in [-0.2, -0.15) is 0 Å². The second-order valence-electron chi connectivity index (χ2n) is 6.27.